The largest absolute Gasteiger partial charge is 0.493 e. The normalized spacial score (nSPS) is 22.9. The molecular weight excluding hydrogens is 298 g/mol. The first-order valence-corrected chi connectivity index (χ1v) is 7.31. The molecule has 1 spiro atoms. The highest BCUT2D eigenvalue weighted by atomic mass is 16.5. The van der Waals surface area contributed by atoms with Gasteiger partial charge in [-0.05, 0) is 6.07 Å². The van der Waals surface area contributed by atoms with Crippen molar-refractivity contribution in [2.75, 3.05) is 6.61 Å². The lowest BCUT2D eigenvalue weighted by Crippen LogP contribution is -2.47. The van der Waals surface area contributed by atoms with Crippen molar-refractivity contribution in [3.8, 4) is 5.75 Å². The lowest BCUT2D eigenvalue weighted by Gasteiger charge is -2.33. The number of aromatic nitrogens is 3. The first kappa shape index (κ1) is 13.7. The van der Waals surface area contributed by atoms with E-state index in [0.717, 1.165) is 0 Å². The van der Waals surface area contributed by atoms with Crippen molar-refractivity contribution in [2.24, 2.45) is 7.05 Å². The van der Waals surface area contributed by atoms with E-state index in [-0.39, 0.29) is 12.5 Å². The molecule has 1 aromatic carbocycles. The van der Waals surface area contributed by atoms with E-state index in [9.17, 15) is 9.59 Å². The number of carbonyl (C=O) groups excluding carboxylic acids is 2. The van der Waals surface area contributed by atoms with Gasteiger partial charge in [0.05, 0.1) is 13.2 Å². The highest BCUT2D eigenvalue weighted by Crippen LogP contribution is 2.41. The van der Waals surface area contributed by atoms with Crippen LogP contribution in [0.4, 0.5) is 4.79 Å². The summed E-state index contributed by atoms with van der Waals surface area (Å²) in [6.07, 6.45) is 1.80. The number of ether oxygens (including phenoxy) is 1. The minimum absolute atomic E-state index is 0.0892. The summed E-state index contributed by atoms with van der Waals surface area (Å²) in [5, 5.41) is 6.82. The number of imide groups is 1. The predicted octanol–water partition coefficient (Wildman–Crippen LogP) is 0.545. The summed E-state index contributed by atoms with van der Waals surface area (Å²) < 4.78 is 7.15. The molecule has 4 rings (SSSR count). The van der Waals surface area contributed by atoms with Gasteiger partial charge in [0.15, 0.2) is 5.54 Å². The Morgan fingerprint density at radius 1 is 1.35 bits per heavy atom. The molecule has 8 heteroatoms. The van der Waals surface area contributed by atoms with E-state index in [1.54, 1.807) is 17.8 Å². The van der Waals surface area contributed by atoms with Crippen LogP contribution in [-0.2, 0) is 23.9 Å². The number of hydrogen-bond acceptors (Lipinski definition) is 5. The molecule has 1 atom stereocenters. The quantitative estimate of drug-likeness (QED) is 0.818. The van der Waals surface area contributed by atoms with Crippen molar-refractivity contribution in [1.82, 2.24) is 25.0 Å². The maximum atomic E-state index is 13.0. The van der Waals surface area contributed by atoms with Gasteiger partial charge in [0.25, 0.3) is 5.91 Å². The molecule has 2 aliphatic rings. The summed E-state index contributed by atoms with van der Waals surface area (Å²) in [4.78, 5) is 30.7. The van der Waals surface area contributed by atoms with Gasteiger partial charge in [-0.15, -0.1) is 0 Å². The monoisotopic (exact) mass is 313 g/mol. The maximum absolute atomic E-state index is 13.0. The Balaban J connectivity index is 1.72. The fraction of sp³-hybridized carbons (Fsp3) is 0.333. The Kier molecular flexibility index (Phi) is 2.87. The number of aryl methyl sites for hydroxylation is 1. The van der Waals surface area contributed by atoms with Crippen LogP contribution in [0.3, 0.4) is 0 Å². The van der Waals surface area contributed by atoms with Gasteiger partial charge in [0.1, 0.15) is 17.9 Å². The van der Waals surface area contributed by atoms with Gasteiger partial charge in [-0.1, -0.05) is 18.2 Å². The van der Waals surface area contributed by atoms with Crippen LogP contribution in [-0.4, -0.2) is 38.2 Å². The third kappa shape index (κ3) is 1.91. The van der Waals surface area contributed by atoms with Crippen LogP contribution in [0.1, 0.15) is 17.8 Å². The van der Waals surface area contributed by atoms with E-state index < -0.39 is 11.6 Å². The summed E-state index contributed by atoms with van der Waals surface area (Å²) in [5.74, 6) is 0.903. The number of rotatable bonds is 2. The van der Waals surface area contributed by atoms with Gasteiger partial charge in [-0.3, -0.25) is 14.4 Å². The topological polar surface area (TPSA) is 89.3 Å². The maximum Gasteiger partial charge on any atom is 0.325 e. The second-order valence-electron chi connectivity index (χ2n) is 5.62. The number of nitrogens with zero attached hydrogens (tertiary/aromatic N) is 4. The first-order chi connectivity index (χ1) is 11.1. The number of para-hydroxylation sites is 1. The number of fused-ring (bicyclic) bond motifs is 2. The Hall–Kier alpha value is -2.90. The average Bonchev–Trinajstić information content (AvgIpc) is 3.06. The van der Waals surface area contributed by atoms with E-state index >= 15 is 0 Å². The second kappa shape index (κ2) is 4.80. The van der Waals surface area contributed by atoms with Crippen LogP contribution in [0.5, 0.6) is 5.75 Å². The number of nitrogens with one attached hydrogen (secondary N) is 1. The fourth-order valence-electron chi connectivity index (χ4n) is 3.12. The Morgan fingerprint density at radius 2 is 2.17 bits per heavy atom. The molecule has 2 aromatic rings. The molecule has 0 radical (unpaired) electrons. The van der Waals surface area contributed by atoms with Crippen molar-refractivity contribution in [3.63, 3.8) is 0 Å². The SMILES string of the molecule is Cn1ncnc1CN1C(=O)NC2(CCOc3ccccc32)C1=O. The van der Waals surface area contributed by atoms with Crippen molar-refractivity contribution in [2.45, 2.75) is 18.5 Å². The molecule has 0 aliphatic carbocycles. The van der Waals surface area contributed by atoms with Crippen molar-refractivity contribution in [3.05, 3.63) is 42.0 Å². The molecule has 2 aliphatic heterocycles. The van der Waals surface area contributed by atoms with Gasteiger partial charge in [0, 0.05) is 19.0 Å². The van der Waals surface area contributed by atoms with Crippen LogP contribution in [0.25, 0.3) is 0 Å². The van der Waals surface area contributed by atoms with E-state index in [1.165, 1.54) is 11.2 Å². The summed E-state index contributed by atoms with van der Waals surface area (Å²) >= 11 is 0. The van der Waals surface area contributed by atoms with Gasteiger partial charge in [-0.2, -0.15) is 5.10 Å². The molecule has 118 valence electrons. The molecule has 1 fully saturated rings. The Bertz CT molecular complexity index is 802. The number of hydrogen-bond donors (Lipinski definition) is 1. The van der Waals surface area contributed by atoms with Crippen molar-refractivity contribution >= 4 is 11.9 Å². The van der Waals surface area contributed by atoms with Gasteiger partial charge in [-0.25, -0.2) is 9.78 Å². The summed E-state index contributed by atoms with van der Waals surface area (Å²) in [7, 11) is 1.72. The van der Waals surface area contributed by atoms with E-state index in [1.807, 2.05) is 18.2 Å². The van der Waals surface area contributed by atoms with E-state index in [0.29, 0.717) is 30.2 Å². The molecule has 23 heavy (non-hydrogen) atoms. The highest BCUT2D eigenvalue weighted by molar-refractivity contribution is 6.07. The molecule has 3 heterocycles. The van der Waals surface area contributed by atoms with Crippen molar-refractivity contribution < 1.29 is 14.3 Å². The molecule has 1 N–H and O–H groups in total. The first-order valence-electron chi connectivity index (χ1n) is 7.31. The summed E-state index contributed by atoms with van der Waals surface area (Å²) in [5.41, 5.74) is -0.352. The van der Waals surface area contributed by atoms with Crippen molar-refractivity contribution in [1.29, 1.82) is 0 Å². The molecule has 1 saturated heterocycles. The predicted molar refractivity (Wildman–Crippen MR) is 78.3 cm³/mol. The van der Waals surface area contributed by atoms with Gasteiger partial charge in [0.2, 0.25) is 0 Å². The highest BCUT2D eigenvalue weighted by Gasteiger charge is 2.54. The lowest BCUT2D eigenvalue weighted by atomic mass is 9.84. The summed E-state index contributed by atoms with van der Waals surface area (Å²) in [6.45, 7) is 0.465. The molecular formula is C15H15N5O3. The van der Waals surface area contributed by atoms with Crippen LogP contribution >= 0.6 is 0 Å². The van der Waals surface area contributed by atoms with Crippen LogP contribution in [0.15, 0.2) is 30.6 Å². The zero-order chi connectivity index (χ0) is 16.0. The average molecular weight is 313 g/mol. The number of urea groups is 1. The van der Waals surface area contributed by atoms with Crippen LogP contribution in [0, 0.1) is 0 Å². The molecule has 1 unspecified atom stereocenters. The van der Waals surface area contributed by atoms with E-state index in [2.05, 4.69) is 15.4 Å². The van der Waals surface area contributed by atoms with Crippen LogP contribution < -0.4 is 10.1 Å². The van der Waals surface area contributed by atoms with Gasteiger partial charge < -0.3 is 10.1 Å². The molecule has 3 amide bonds. The number of carbonyl (C=O) groups is 2. The molecule has 8 nitrogen and oxygen atoms in total. The fourth-order valence-corrected chi connectivity index (χ4v) is 3.12. The minimum atomic E-state index is -1.05. The third-order valence-electron chi connectivity index (χ3n) is 4.36. The number of benzene rings is 1. The Labute approximate surface area is 132 Å². The van der Waals surface area contributed by atoms with Gasteiger partial charge >= 0.3 is 6.03 Å². The molecule has 1 aromatic heterocycles. The smallest absolute Gasteiger partial charge is 0.325 e. The zero-order valence-corrected chi connectivity index (χ0v) is 12.5. The van der Waals surface area contributed by atoms with Crippen LogP contribution in [0.2, 0.25) is 0 Å². The Morgan fingerprint density at radius 3 is 2.96 bits per heavy atom. The molecule has 0 bridgehead atoms. The zero-order valence-electron chi connectivity index (χ0n) is 12.5. The second-order valence-corrected chi connectivity index (χ2v) is 5.62. The standard InChI is InChI=1S/C15H15N5O3/c1-19-12(16-9-17-19)8-20-13(21)15(18-14(20)22)6-7-23-11-5-3-2-4-10(11)15/h2-5,9H,6-8H2,1H3,(H,18,22). The van der Waals surface area contributed by atoms with E-state index in [4.69, 9.17) is 4.74 Å². The third-order valence-corrected chi connectivity index (χ3v) is 4.36. The minimum Gasteiger partial charge on any atom is -0.493 e. The molecule has 0 saturated carbocycles. The summed E-state index contributed by atoms with van der Waals surface area (Å²) in [6, 6.07) is 6.88. The lowest BCUT2D eigenvalue weighted by molar-refractivity contribution is -0.133. The number of amides is 3.